The molecular formula is C13H24N4O. The van der Waals surface area contributed by atoms with Gasteiger partial charge in [-0.1, -0.05) is 0 Å². The number of methoxy groups -OCH3 is 1. The van der Waals surface area contributed by atoms with Gasteiger partial charge in [0.2, 0.25) is 0 Å². The molecule has 0 aromatic carbocycles. The molecule has 5 heteroatoms. The van der Waals surface area contributed by atoms with Crippen molar-refractivity contribution >= 4 is 5.69 Å². The van der Waals surface area contributed by atoms with E-state index in [0.717, 1.165) is 12.2 Å². The molecule has 1 aromatic rings. The molecule has 0 bridgehead atoms. The molecule has 1 aromatic heterocycles. The summed E-state index contributed by atoms with van der Waals surface area (Å²) in [5.41, 5.74) is 1.09. The van der Waals surface area contributed by atoms with Gasteiger partial charge in [0.1, 0.15) is 0 Å². The standard InChI is InChI=1S/C13H24N4O/c1-11(8-12-4-3-5-14-12)16-13-9-15-17(10-13)6-7-18-2/h9-12,14,16H,3-8H2,1-2H3. The second-order valence-corrected chi connectivity index (χ2v) is 5.06. The zero-order chi connectivity index (χ0) is 12.8. The Morgan fingerprint density at radius 1 is 1.67 bits per heavy atom. The maximum atomic E-state index is 5.04. The maximum Gasteiger partial charge on any atom is 0.0728 e. The SMILES string of the molecule is COCCn1cc(NC(C)CC2CCCN2)cn1. The van der Waals surface area contributed by atoms with Crippen molar-refractivity contribution in [1.29, 1.82) is 0 Å². The summed E-state index contributed by atoms with van der Waals surface area (Å²) in [6.07, 6.45) is 7.71. The Hall–Kier alpha value is -1.07. The third kappa shape index (κ3) is 3.99. The highest BCUT2D eigenvalue weighted by molar-refractivity contribution is 5.39. The number of hydrogen-bond acceptors (Lipinski definition) is 4. The van der Waals surface area contributed by atoms with Crippen LogP contribution >= 0.6 is 0 Å². The Balaban J connectivity index is 1.75. The summed E-state index contributed by atoms with van der Waals surface area (Å²) in [5.74, 6) is 0. The van der Waals surface area contributed by atoms with Crippen LogP contribution in [0.1, 0.15) is 26.2 Å². The third-order valence-corrected chi connectivity index (χ3v) is 3.37. The topological polar surface area (TPSA) is 51.1 Å². The molecule has 1 fully saturated rings. The molecule has 2 unspecified atom stereocenters. The molecule has 2 heterocycles. The Morgan fingerprint density at radius 3 is 3.28 bits per heavy atom. The minimum Gasteiger partial charge on any atom is -0.383 e. The first kappa shape index (κ1) is 13.4. The van der Waals surface area contributed by atoms with Crippen LogP contribution in [0.15, 0.2) is 12.4 Å². The summed E-state index contributed by atoms with van der Waals surface area (Å²) < 4.78 is 6.94. The Morgan fingerprint density at radius 2 is 2.56 bits per heavy atom. The van der Waals surface area contributed by atoms with Gasteiger partial charge in [0.25, 0.3) is 0 Å². The first-order chi connectivity index (χ1) is 8.78. The van der Waals surface area contributed by atoms with Crippen molar-refractivity contribution in [2.45, 2.75) is 44.8 Å². The molecule has 5 nitrogen and oxygen atoms in total. The summed E-state index contributed by atoms with van der Waals surface area (Å²) in [4.78, 5) is 0. The van der Waals surface area contributed by atoms with Gasteiger partial charge >= 0.3 is 0 Å². The van der Waals surface area contributed by atoms with E-state index < -0.39 is 0 Å². The molecule has 1 aliphatic rings. The molecule has 0 spiro atoms. The molecule has 2 rings (SSSR count). The molecule has 0 amide bonds. The van der Waals surface area contributed by atoms with Crippen LogP contribution in [0.4, 0.5) is 5.69 Å². The van der Waals surface area contributed by atoms with Crippen LogP contribution in [0.25, 0.3) is 0 Å². The molecule has 2 atom stereocenters. The van der Waals surface area contributed by atoms with Crippen LogP contribution < -0.4 is 10.6 Å². The summed E-state index contributed by atoms with van der Waals surface area (Å²) in [7, 11) is 1.71. The van der Waals surface area contributed by atoms with Gasteiger partial charge in [-0.2, -0.15) is 5.10 Å². The van der Waals surface area contributed by atoms with Crippen molar-refractivity contribution < 1.29 is 4.74 Å². The van der Waals surface area contributed by atoms with Crippen molar-refractivity contribution in [3.8, 4) is 0 Å². The minimum absolute atomic E-state index is 0.473. The van der Waals surface area contributed by atoms with E-state index >= 15 is 0 Å². The summed E-state index contributed by atoms with van der Waals surface area (Å²) in [6, 6.07) is 1.15. The van der Waals surface area contributed by atoms with Crippen LogP contribution in [0.3, 0.4) is 0 Å². The highest BCUT2D eigenvalue weighted by Gasteiger charge is 2.17. The van der Waals surface area contributed by atoms with E-state index in [-0.39, 0.29) is 0 Å². The number of nitrogens with zero attached hydrogens (tertiary/aromatic N) is 2. The lowest BCUT2D eigenvalue weighted by Gasteiger charge is -2.18. The average Bonchev–Trinajstić information content (AvgIpc) is 2.98. The van der Waals surface area contributed by atoms with E-state index in [2.05, 4.69) is 22.7 Å². The molecule has 1 saturated heterocycles. The van der Waals surface area contributed by atoms with Gasteiger partial charge in [-0.05, 0) is 32.7 Å². The lowest BCUT2D eigenvalue weighted by atomic mass is 10.1. The van der Waals surface area contributed by atoms with Crippen LogP contribution in [-0.2, 0) is 11.3 Å². The Bertz CT molecular complexity index is 347. The molecule has 0 aliphatic carbocycles. The van der Waals surface area contributed by atoms with Crippen molar-refractivity contribution in [2.75, 3.05) is 25.6 Å². The van der Waals surface area contributed by atoms with E-state index in [0.29, 0.717) is 18.7 Å². The van der Waals surface area contributed by atoms with E-state index in [1.165, 1.54) is 25.8 Å². The quantitative estimate of drug-likeness (QED) is 0.771. The number of nitrogens with one attached hydrogen (secondary N) is 2. The van der Waals surface area contributed by atoms with Gasteiger partial charge < -0.3 is 15.4 Å². The molecular weight excluding hydrogens is 228 g/mol. The first-order valence-electron chi connectivity index (χ1n) is 6.79. The zero-order valence-electron chi connectivity index (χ0n) is 11.4. The van der Waals surface area contributed by atoms with E-state index in [1.807, 2.05) is 17.1 Å². The van der Waals surface area contributed by atoms with Gasteiger partial charge in [0.05, 0.1) is 25.0 Å². The fourth-order valence-electron chi connectivity index (χ4n) is 2.47. The monoisotopic (exact) mass is 252 g/mol. The number of anilines is 1. The molecule has 1 aliphatic heterocycles. The number of rotatable bonds is 7. The lowest BCUT2D eigenvalue weighted by Crippen LogP contribution is -2.29. The van der Waals surface area contributed by atoms with Crippen molar-refractivity contribution in [2.24, 2.45) is 0 Å². The molecule has 18 heavy (non-hydrogen) atoms. The summed E-state index contributed by atoms with van der Waals surface area (Å²) in [5, 5.41) is 11.3. The number of ether oxygens (including phenoxy) is 1. The Kier molecular flexibility index (Phi) is 5.01. The minimum atomic E-state index is 0.473. The van der Waals surface area contributed by atoms with E-state index in [9.17, 15) is 0 Å². The molecule has 0 saturated carbocycles. The highest BCUT2D eigenvalue weighted by atomic mass is 16.5. The number of hydrogen-bond donors (Lipinski definition) is 2. The van der Waals surface area contributed by atoms with Gasteiger partial charge in [-0.15, -0.1) is 0 Å². The molecule has 102 valence electrons. The predicted octanol–water partition coefficient (Wildman–Crippen LogP) is 1.47. The predicted molar refractivity (Wildman–Crippen MR) is 72.8 cm³/mol. The van der Waals surface area contributed by atoms with Crippen molar-refractivity contribution in [3.05, 3.63) is 12.4 Å². The average molecular weight is 252 g/mol. The second kappa shape index (κ2) is 6.75. The van der Waals surface area contributed by atoms with Crippen LogP contribution in [-0.4, -0.2) is 42.1 Å². The van der Waals surface area contributed by atoms with Crippen LogP contribution in [0, 0.1) is 0 Å². The van der Waals surface area contributed by atoms with Gasteiger partial charge in [-0.25, -0.2) is 0 Å². The molecule has 0 radical (unpaired) electrons. The normalized spacial score (nSPS) is 21.1. The zero-order valence-corrected chi connectivity index (χ0v) is 11.4. The molecule has 2 N–H and O–H groups in total. The number of aromatic nitrogens is 2. The van der Waals surface area contributed by atoms with Crippen LogP contribution in [0.2, 0.25) is 0 Å². The summed E-state index contributed by atoms with van der Waals surface area (Å²) in [6.45, 7) is 4.90. The van der Waals surface area contributed by atoms with Crippen molar-refractivity contribution in [1.82, 2.24) is 15.1 Å². The third-order valence-electron chi connectivity index (χ3n) is 3.37. The van der Waals surface area contributed by atoms with Gasteiger partial charge in [-0.3, -0.25) is 4.68 Å². The summed E-state index contributed by atoms with van der Waals surface area (Å²) >= 11 is 0. The van der Waals surface area contributed by atoms with E-state index in [4.69, 9.17) is 4.74 Å². The Labute approximate surface area is 109 Å². The maximum absolute atomic E-state index is 5.04. The van der Waals surface area contributed by atoms with Crippen molar-refractivity contribution in [3.63, 3.8) is 0 Å². The first-order valence-corrected chi connectivity index (χ1v) is 6.79. The fourth-order valence-corrected chi connectivity index (χ4v) is 2.47. The van der Waals surface area contributed by atoms with Gasteiger partial charge in [0, 0.05) is 25.4 Å². The smallest absolute Gasteiger partial charge is 0.0728 e. The fraction of sp³-hybridized carbons (Fsp3) is 0.769. The van der Waals surface area contributed by atoms with Gasteiger partial charge in [0.15, 0.2) is 0 Å². The van der Waals surface area contributed by atoms with Crippen LogP contribution in [0.5, 0.6) is 0 Å². The lowest BCUT2D eigenvalue weighted by molar-refractivity contribution is 0.183. The largest absolute Gasteiger partial charge is 0.383 e. The second-order valence-electron chi connectivity index (χ2n) is 5.06. The highest BCUT2D eigenvalue weighted by Crippen LogP contribution is 2.14. The van der Waals surface area contributed by atoms with E-state index in [1.54, 1.807) is 7.11 Å².